The van der Waals surface area contributed by atoms with Gasteiger partial charge in [-0.1, -0.05) is 4.49 Å². The molecule has 2 aliphatic heterocycles. The molecular formula is C20H26N6O3S. The van der Waals surface area contributed by atoms with E-state index in [4.69, 9.17) is 4.74 Å². The third-order valence-electron chi connectivity index (χ3n) is 6.06. The van der Waals surface area contributed by atoms with Crippen LogP contribution in [0.25, 0.3) is 0 Å². The van der Waals surface area contributed by atoms with E-state index in [1.54, 1.807) is 12.4 Å². The molecule has 2 aromatic heterocycles. The Morgan fingerprint density at radius 3 is 2.70 bits per heavy atom. The smallest absolute Gasteiger partial charge is 0.314 e. The molecule has 0 radical (unpaired) electrons. The maximum absolute atomic E-state index is 13.1. The van der Waals surface area contributed by atoms with Gasteiger partial charge in [0.2, 0.25) is 5.95 Å². The maximum Gasteiger partial charge on any atom is 0.314 e. The fraction of sp³-hybridized carbons (Fsp3) is 0.600. The second-order valence-electron chi connectivity index (χ2n) is 8.05. The molecule has 4 rings (SSSR count). The third kappa shape index (κ3) is 3.64. The second-order valence-corrected chi connectivity index (χ2v) is 9.01. The van der Waals surface area contributed by atoms with Crippen molar-refractivity contribution in [2.45, 2.75) is 33.6 Å². The van der Waals surface area contributed by atoms with Crippen molar-refractivity contribution in [3.63, 3.8) is 0 Å². The van der Waals surface area contributed by atoms with E-state index in [9.17, 15) is 9.59 Å². The summed E-state index contributed by atoms with van der Waals surface area (Å²) in [4.78, 5) is 39.8. The Kier molecular flexibility index (Phi) is 5.68. The van der Waals surface area contributed by atoms with E-state index in [-0.39, 0.29) is 17.8 Å². The maximum atomic E-state index is 13.1. The van der Waals surface area contributed by atoms with Crippen molar-refractivity contribution in [2.75, 3.05) is 37.7 Å². The molecule has 0 aromatic carbocycles. The number of amides is 1. The Bertz CT molecular complexity index is 933. The fourth-order valence-corrected chi connectivity index (χ4v) is 4.97. The second kappa shape index (κ2) is 8.25. The van der Waals surface area contributed by atoms with Gasteiger partial charge in [0.15, 0.2) is 5.69 Å². The zero-order chi connectivity index (χ0) is 21.3. The molecule has 0 unspecified atom stereocenters. The molecule has 0 spiro atoms. The molecule has 2 saturated heterocycles. The molecule has 9 nitrogen and oxygen atoms in total. The van der Waals surface area contributed by atoms with E-state index < -0.39 is 5.41 Å². The van der Waals surface area contributed by atoms with E-state index in [0.29, 0.717) is 50.8 Å². The molecule has 10 heteroatoms. The number of rotatable bonds is 4. The molecule has 1 amide bonds. The highest BCUT2D eigenvalue weighted by Gasteiger charge is 2.55. The summed E-state index contributed by atoms with van der Waals surface area (Å²) in [5.41, 5.74) is 0.714. The first-order valence-corrected chi connectivity index (χ1v) is 11.0. The van der Waals surface area contributed by atoms with Gasteiger partial charge in [-0.25, -0.2) is 9.97 Å². The van der Waals surface area contributed by atoms with Crippen molar-refractivity contribution in [3.8, 4) is 0 Å². The monoisotopic (exact) mass is 430 g/mol. The topological polar surface area (TPSA) is 101 Å². The number of carbonyl (C=O) groups excluding carboxylic acids is 2. The average molecular weight is 431 g/mol. The van der Waals surface area contributed by atoms with Crippen LogP contribution in [0.15, 0.2) is 12.4 Å². The number of esters is 1. The number of aromatic nitrogens is 4. The van der Waals surface area contributed by atoms with Crippen LogP contribution in [0.5, 0.6) is 0 Å². The van der Waals surface area contributed by atoms with Crippen LogP contribution >= 0.6 is 11.5 Å². The molecule has 160 valence electrons. The molecule has 0 aliphatic carbocycles. The van der Waals surface area contributed by atoms with Crippen LogP contribution < -0.4 is 4.90 Å². The van der Waals surface area contributed by atoms with Gasteiger partial charge in [0, 0.05) is 44.5 Å². The summed E-state index contributed by atoms with van der Waals surface area (Å²) < 4.78 is 9.40. The Balaban J connectivity index is 1.63. The third-order valence-corrected chi connectivity index (χ3v) is 6.69. The molecule has 0 N–H and O–H groups in total. The van der Waals surface area contributed by atoms with E-state index in [0.717, 1.165) is 16.9 Å². The molecule has 30 heavy (non-hydrogen) atoms. The van der Waals surface area contributed by atoms with Crippen LogP contribution in [0.1, 0.15) is 40.7 Å². The number of ether oxygens (including phenoxy) is 1. The van der Waals surface area contributed by atoms with Crippen LogP contribution in [0, 0.1) is 25.2 Å². The van der Waals surface area contributed by atoms with Crippen LogP contribution in [-0.4, -0.2) is 69.1 Å². The van der Waals surface area contributed by atoms with E-state index in [1.807, 2.05) is 30.6 Å². The summed E-state index contributed by atoms with van der Waals surface area (Å²) in [6.07, 6.45) is 4.94. The summed E-state index contributed by atoms with van der Waals surface area (Å²) in [6.45, 7) is 8.11. The number of hydrogen-bond donors (Lipinski definition) is 0. The van der Waals surface area contributed by atoms with Crippen molar-refractivity contribution in [1.82, 2.24) is 24.5 Å². The zero-order valence-electron chi connectivity index (χ0n) is 17.5. The largest absolute Gasteiger partial charge is 0.466 e. The van der Waals surface area contributed by atoms with Gasteiger partial charge in [-0.15, -0.1) is 5.10 Å². The van der Waals surface area contributed by atoms with Crippen molar-refractivity contribution in [3.05, 3.63) is 28.5 Å². The Morgan fingerprint density at radius 1 is 1.27 bits per heavy atom. The highest BCUT2D eigenvalue weighted by molar-refractivity contribution is 7.05. The van der Waals surface area contributed by atoms with Gasteiger partial charge in [0.25, 0.3) is 5.91 Å². The Hall–Kier alpha value is -2.62. The van der Waals surface area contributed by atoms with Crippen molar-refractivity contribution in [1.29, 1.82) is 0 Å². The molecule has 2 aromatic rings. The highest BCUT2D eigenvalue weighted by Crippen LogP contribution is 2.44. The van der Waals surface area contributed by atoms with Crippen LogP contribution in [0.4, 0.5) is 5.95 Å². The molecule has 2 fully saturated rings. The normalized spacial score (nSPS) is 23.8. The number of hydrogen-bond acceptors (Lipinski definition) is 9. The summed E-state index contributed by atoms with van der Waals surface area (Å²) in [5.74, 6) is 0.228. The molecule has 2 aliphatic rings. The minimum absolute atomic E-state index is 0.0696. The van der Waals surface area contributed by atoms with E-state index in [1.165, 1.54) is 11.5 Å². The van der Waals surface area contributed by atoms with Crippen LogP contribution in [0.3, 0.4) is 0 Å². The van der Waals surface area contributed by atoms with Crippen molar-refractivity contribution in [2.24, 2.45) is 11.3 Å². The summed E-state index contributed by atoms with van der Waals surface area (Å²) in [5, 5.41) is 4.01. The lowest BCUT2D eigenvalue weighted by atomic mass is 9.75. The van der Waals surface area contributed by atoms with Gasteiger partial charge in [0.1, 0.15) is 0 Å². The summed E-state index contributed by atoms with van der Waals surface area (Å²) in [6, 6.07) is 0. The van der Waals surface area contributed by atoms with E-state index >= 15 is 0 Å². The predicted octanol–water partition coefficient (Wildman–Crippen LogP) is 1.87. The summed E-state index contributed by atoms with van der Waals surface area (Å²) in [7, 11) is 0. The number of carbonyl (C=O) groups is 2. The van der Waals surface area contributed by atoms with Gasteiger partial charge < -0.3 is 14.5 Å². The van der Waals surface area contributed by atoms with Crippen LogP contribution in [-0.2, 0) is 9.53 Å². The van der Waals surface area contributed by atoms with Gasteiger partial charge in [-0.05, 0) is 50.7 Å². The first kappa shape index (κ1) is 20.6. The number of likely N-dealkylation sites (tertiary alicyclic amines) is 1. The Morgan fingerprint density at radius 2 is 2.03 bits per heavy atom. The van der Waals surface area contributed by atoms with Crippen molar-refractivity contribution < 1.29 is 14.3 Å². The van der Waals surface area contributed by atoms with Gasteiger partial charge in [-0.3, -0.25) is 9.59 Å². The number of anilines is 1. The predicted molar refractivity (Wildman–Crippen MR) is 111 cm³/mol. The Labute approximate surface area is 179 Å². The summed E-state index contributed by atoms with van der Waals surface area (Å²) >= 11 is 1.22. The molecular weight excluding hydrogens is 404 g/mol. The van der Waals surface area contributed by atoms with Gasteiger partial charge in [-0.2, -0.15) is 0 Å². The lowest BCUT2D eigenvalue weighted by molar-refractivity contribution is -0.157. The minimum Gasteiger partial charge on any atom is -0.466 e. The number of aryl methyl sites for hydroxylation is 2. The van der Waals surface area contributed by atoms with Crippen LogP contribution in [0.2, 0.25) is 0 Å². The molecule has 4 heterocycles. The zero-order valence-corrected chi connectivity index (χ0v) is 18.3. The SMILES string of the molecule is CCOC(=O)[C@@]12CCCN(C(=O)c3nnsc3C)C[C@H]1CN(c1ncc(C)cn1)C2. The average Bonchev–Trinajstić information content (AvgIpc) is 3.27. The highest BCUT2D eigenvalue weighted by atomic mass is 32.1. The van der Waals surface area contributed by atoms with E-state index in [2.05, 4.69) is 19.6 Å². The number of fused-ring (bicyclic) bond motifs is 1. The minimum atomic E-state index is -0.672. The molecule has 0 bridgehead atoms. The molecule has 2 atom stereocenters. The first-order chi connectivity index (χ1) is 14.4. The standard InChI is InChI=1S/C20H26N6O3S/c1-4-29-18(28)20-6-5-7-25(17(27)16-14(3)30-24-23-16)10-15(20)11-26(12-20)19-21-8-13(2)9-22-19/h8-9,15H,4-7,10-12H2,1-3H3/t15-,20+/m0/s1. The fourth-order valence-electron chi connectivity index (χ4n) is 4.51. The lowest BCUT2D eigenvalue weighted by Gasteiger charge is -2.31. The lowest BCUT2D eigenvalue weighted by Crippen LogP contribution is -2.43. The molecule has 0 saturated carbocycles. The van der Waals surface area contributed by atoms with Gasteiger partial charge in [0.05, 0.1) is 16.9 Å². The number of nitrogens with zero attached hydrogens (tertiary/aromatic N) is 6. The quantitative estimate of drug-likeness (QED) is 0.678. The van der Waals surface area contributed by atoms with Gasteiger partial charge >= 0.3 is 5.97 Å². The van der Waals surface area contributed by atoms with Crippen molar-refractivity contribution >= 4 is 29.4 Å². The first-order valence-electron chi connectivity index (χ1n) is 10.2.